The number of hydrogen-bond donors (Lipinski definition) is 0. The second-order valence-corrected chi connectivity index (χ2v) is 9.10. The summed E-state index contributed by atoms with van der Waals surface area (Å²) in [7, 11) is 0. The zero-order valence-electron chi connectivity index (χ0n) is 15.2. The lowest BCUT2D eigenvalue weighted by Crippen LogP contribution is -2.02. The van der Waals surface area contributed by atoms with Crippen LogP contribution in [0.1, 0.15) is 11.3 Å². The van der Waals surface area contributed by atoms with Crippen molar-refractivity contribution >= 4 is 69.3 Å². The van der Waals surface area contributed by atoms with E-state index in [2.05, 4.69) is 71.7 Å². The van der Waals surface area contributed by atoms with Crippen LogP contribution in [-0.2, 0) is 0 Å². The SMILES string of the molecule is C1=IC=C(n2c3ccccc3n3c4ccccc4nc23)c2oc3ccccc3c21. The first kappa shape index (κ1) is 15.7. The van der Waals surface area contributed by atoms with Gasteiger partial charge in [-0.3, -0.25) is 8.97 Å². The van der Waals surface area contributed by atoms with Crippen molar-refractivity contribution in [1.29, 1.82) is 0 Å². The standard InChI is InChI=1S/C24H14IN3O/c1-6-12-22-15(7-1)16-13-25-14-21(23(16)29-22)28-20-11-5-4-10-19(20)27-18-9-3-2-8-17(18)26-24(27)28/h1-14H. The fraction of sp³-hybridized carbons (Fsp3) is 0. The van der Waals surface area contributed by atoms with E-state index in [0.717, 1.165) is 44.9 Å². The summed E-state index contributed by atoms with van der Waals surface area (Å²) in [6, 6.07) is 25.1. The van der Waals surface area contributed by atoms with Gasteiger partial charge in [-0.1, -0.05) is 63.2 Å². The van der Waals surface area contributed by atoms with Crippen molar-refractivity contribution in [2.75, 3.05) is 0 Å². The van der Waals surface area contributed by atoms with Gasteiger partial charge in [-0.05, 0) is 38.4 Å². The monoisotopic (exact) mass is 487 g/mol. The van der Waals surface area contributed by atoms with Gasteiger partial charge >= 0.3 is 0 Å². The minimum absolute atomic E-state index is 0.212. The van der Waals surface area contributed by atoms with Gasteiger partial charge in [0.1, 0.15) is 5.58 Å². The maximum absolute atomic E-state index is 6.36. The van der Waals surface area contributed by atoms with Crippen LogP contribution in [0.3, 0.4) is 0 Å². The molecule has 4 heterocycles. The quantitative estimate of drug-likeness (QED) is 0.260. The average molecular weight is 487 g/mol. The summed E-state index contributed by atoms with van der Waals surface area (Å²) in [5, 5.41) is 1.19. The number of furan rings is 1. The second-order valence-electron chi connectivity index (χ2n) is 7.13. The van der Waals surface area contributed by atoms with Crippen LogP contribution in [-0.4, -0.2) is 18.0 Å². The normalized spacial score (nSPS) is 13.9. The number of aromatic nitrogens is 3. The van der Waals surface area contributed by atoms with Gasteiger partial charge in [-0.25, -0.2) is 4.98 Å². The lowest BCUT2D eigenvalue weighted by atomic mass is 10.1. The first-order valence-corrected chi connectivity index (χ1v) is 11.9. The number of fused-ring (bicyclic) bond motifs is 8. The Labute approximate surface area is 175 Å². The van der Waals surface area contributed by atoms with Crippen LogP contribution in [0, 0.1) is 0 Å². The molecule has 0 spiro atoms. The largest absolute Gasteiger partial charge is 0.454 e. The number of hydrogen-bond acceptors (Lipinski definition) is 2. The molecular weight excluding hydrogens is 473 g/mol. The molecule has 0 unspecified atom stereocenters. The topological polar surface area (TPSA) is 35.4 Å². The molecule has 0 radical (unpaired) electrons. The van der Waals surface area contributed by atoms with E-state index in [-0.39, 0.29) is 20.7 Å². The Hall–Kier alpha value is -3.19. The first-order valence-electron chi connectivity index (χ1n) is 9.44. The minimum Gasteiger partial charge on any atom is -0.454 e. The molecule has 6 aromatic rings. The van der Waals surface area contributed by atoms with Crippen molar-refractivity contribution in [3.8, 4) is 0 Å². The van der Waals surface area contributed by atoms with Crippen molar-refractivity contribution < 1.29 is 4.42 Å². The molecule has 0 saturated carbocycles. The smallest absolute Gasteiger partial charge is 0.220 e. The van der Waals surface area contributed by atoms with E-state index in [4.69, 9.17) is 9.40 Å². The Morgan fingerprint density at radius 2 is 1.55 bits per heavy atom. The maximum atomic E-state index is 6.36. The minimum atomic E-state index is -0.212. The molecule has 1 aliphatic rings. The predicted molar refractivity (Wildman–Crippen MR) is 127 cm³/mol. The van der Waals surface area contributed by atoms with Gasteiger partial charge in [0, 0.05) is 10.9 Å². The van der Waals surface area contributed by atoms with Crippen LogP contribution in [0.15, 0.2) is 81.3 Å². The maximum Gasteiger partial charge on any atom is 0.220 e. The third-order valence-electron chi connectivity index (χ3n) is 5.55. The van der Waals surface area contributed by atoms with Gasteiger partial charge in [0.05, 0.1) is 27.8 Å². The highest BCUT2D eigenvalue weighted by atomic mass is 127. The molecule has 5 heteroatoms. The molecule has 0 fully saturated rings. The molecule has 1 aliphatic heterocycles. The van der Waals surface area contributed by atoms with Crippen LogP contribution in [0.2, 0.25) is 0 Å². The van der Waals surface area contributed by atoms with Gasteiger partial charge in [0.15, 0.2) is 5.76 Å². The molecule has 0 bridgehead atoms. The first-order chi connectivity index (χ1) is 14.4. The van der Waals surface area contributed by atoms with Crippen molar-refractivity contribution in [2.24, 2.45) is 0 Å². The number of para-hydroxylation sites is 5. The van der Waals surface area contributed by atoms with Gasteiger partial charge in [0.25, 0.3) is 0 Å². The molecule has 138 valence electrons. The molecule has 4 nitrogen and oxygen atoms in total. The molecule has 3 aromatic heterocycles. The van der Waals surface area contributed by atoms with Crippen molar-refractivity contribution in [3.63, 3.8) is 0 Å². The summed E-state index contributed by atoms with van der Waals surface area (Å²) in [5.74, 6) is 1.86. The summed E-state index contributed by atoms with van der Waals surface area (Å²) >= 11 is -0.212. The van der Waals surface area contributed by atoms with Crippen molar-refractivity contribution in [3.05, 3.63) is 88.2 Å². The zero-order valence-corrected chi connectivity index (χ0v) is 17.4. The zero-order chi connectivity index (χ0) is 18.9. The third-order valence-corrected chi connectivity index (χ3v) is 7.48. The predicted octanol–water partition coefficient (Wildman–Crippen LogP) is 6.17. The van der Waals surface area contributed by atoms with Crippen LogP contribution in [0.4, 0.5) is 0 Å². The molecule has 0 aliphatic carbocycles. The number of rotatable bonds is 1. The second kappa shape index (κ2) is 5.67. The number of benzene rings is 3. The highest BCUT2D eigenvalue weighted by Crippen LogP contribution is 2.39. The number of imidazole rings is 2. The Bertz CT molecular complexity index is 1660. The summed E-state index contributed by atoms with van der Waals surface area (Å²) in [6.45, 7) is 0. The van der Waals surface area contributed by atoms with Gasteiger partial charge in [0.2, 0.25) is 5.78 Å². The Balaban J connectivity index is 1.65. The van der Waals surface area contributed by atoms with E-state index in [1.165, 1.54) is 10.9 Å². The summed E-state index contributed by atoms with van der Waals surface area (Å²) in [6.07, 6.45) is 0. The van der Waals surface area contributed by atoms with E-state index < -0.39 is 0 Å². The Morgan fingerprint density at radius 1 is 0.793 bits per heavy atom. The lowest BCUT2D eigenvalue weighted by Gasteiger charge is -2.11. The fourth-order valence-electron chi connectivity index (χ4n) is 4.31. The molecule has 29 heavy (non-hydrogen) atoms. The molecule has 0 saturated heterocycles. The molecule has 0 N–H and O–H groups in total. The Kier molecular flexibility index (Phi) is 3.07. The third kappa shape index (κ3) is 2.03. The number of nitrogens with zero attached hydrogens (tertiary/aromatic N) is 3. The van der Waals surface area contributed by atoms with Crippen molar-refractivity contribution in [1.82, 2.24) is 14.0 Å². The summed E-state index contributed by atoms with van der Waals surface area (Å²) in [5.41, 5.74) is 7.69. The molecule has 0 amide bonds. The van der Waals surface area contributed by atoms with E-state index in [0.29, 0.717) is 0 Å². The van der Waals surface area contributed by atoms with E-state index in [1.807, 2.05) is 18.2 Å². The average Bonchev–Trinajstić information content (AvgIpc) is 3.42. The van der Waals surface area contributed by atoms with Crippen LogP contribution in [0.5, 0.6) is 0 Å². The Morgan fingerprint density at radius 3 is 2.48 bits per heavy atom. The van der Waals surface area contributed by atoms with E-state index in [1.54, 1.807) is 0 Å². The van der Waals surface area contributed by atoms with Gasteiger partial charge < -0.3 is 4.42 Å². The molecular formula is C24H14IN3O. The van der Waals surface area contributed by atoms with E-state index >= 15 is 0 Å². The van der Waals surface area contributed by atoms with Crippen LogP contribution in [0.25, 0.3) is 44.5 Å². The highest BCUT2D eigenvalue weighted by Gasteiger charge is 2.24. The van der Waals surface area contributed by atoms with Crippen LogP contribution < -0.4 is 0 Å². The summed E-state index contributed by atoms with van der Waals surface area (Å²) < 4.78 is 15.6. The fourth-order valence-corrected chi connectivity index (χ4v) is 6.37. The lowest BCUT2D eigenvalue weighted by molar-refractivity contribution is 0.595. The van der Waals surface area contributed by atoms with Crippen LogP contribution >= 0.6 is 20.7 Å². The molecule has 0 atom stereocenters. The molecule has 7 rings (SSSR count). The highest BCUT2D eigenvalue weighted by molar-refractivity contribution is 14.2. The number of halogens is 1. The summed E-state index contributed by atoms with van der Waals surface area (Å²) in [4.78, 5) is 5.00. The van der Waals surface area contributed by atoms with E-state index in [9.17, 15) is 0 Å². The van der Waals surface area contributed by atoms with Gasteiger partial charge in [-0.2, -0.15) is 0 Å². The van der Waals surface area contributed by atoms with Gasteiger partial charge in [-0.15, -0.1) is 0 Å². The van der Waals surface area contributed by atoms with Crippen molar-refractivity contribution in [2.45, 2.75) is 0 Å². The molecule has 3 aromatic carbocycles.